The van der Waals surface area contributed by atoms with Gasteiger partial charge in [-0.3, -0.25) is 4.79 Å². The second kappa shape index (κ2) is 6.61. The first kappa shape index (κ1) is 16.0. The summed E-state index contributed by atoms with van der Waals surface area (Å²) < 4.78 is 31.1. The Morgan fingerprint density at radius 1 is 1.50 bits per heavy atom. The molecule has 2 aromatic heterocycles. The molecule has 0 fully saturated rings. The summed E-state index contributed by atoms with van der Waals surface area (Å²) in [5, 5.41) is 0. The minimum atomic E-state index is -3.01. The number of halogens is 2. The number of ether oxygens (including phenoxy) is 1. The van der Waals surface area contributed by atoms with Gasteiger partial charge in [-0.25, -0.2) is 9.97 Å². The number of nitrogens with zero attached hydrogens (tertiary/aromatic N) is 3. The quantitative estimate of drug-likeness (QED) is 0.825. The first-order chi connectivity index (χ1) is 10.5. The number of rotatable bonds is 6. The summed E-state index contributed by atoms with van der Waals surface area (Å²) >= 11 is 0. The van der Waals surface area contributed by atoms with E-state index in [2.05, 4.69) is 14.7 Å². The topological polar surface area (TPSA) is 83.0 Å². The molecule has 2 N–H and O–H groups in total. The third-order valence-electron chi connectivity index (χ3n) is 3.07. The summed E-state index contributed by atoms with van der Waals surface area (Å²) in [6.45, 7) is 0.817. The first-order valence-electron chi connectivity index (χ1n) is 6.64. The zero-order chi connectivity index (χ0) is 16.3. The molecule has 0 saturated carbocycles. The van der Waals surface area contributed by atoms with Crippen molar-refractivity contribution in [2.45, 2.75) is 27.0 Å². The molecule has 22 heavy (non-hydrogen) atoms. The lowest BCUT2D eigenvalue weighted by atomic mass is 10.1. The van der Waals surface area contributed by atoms with Crippen molar-refractivity contribution >= 4 is 5.78 Å². The molecule has 0 unspecified atom stereocenters. The number of pyridine rings is 1. The molecule has 0 saturated heterocycles. The van der Waals surface area contributed by atoms with Gasteiger partial charge in [-0.2, -0.15) is 8.78 Å². The smallest absolute Gasteiger partial charge is 0.388 e. The summed E-state index contributed by atoms with van der Waals surface area (Å²) in [6, 6.07) is 3.10. The van der Waals surface area contributed by atoms with Crippen molar-refractivity contribution in [2.75, 3.05) is 6.54 Å². The second-order valence-corrected chi connectivity index (χ2v) is 4.59. The Bertz CT molecular complexity index is 685. The van der Waals surface area contributed by atoms with Gasteiger partial charge in [0, 0.05) is 26.2 Å². The van der Waals surface area contributed by atoms with E-state index < -0.39 is 6.61 Å². The summed E-state index contributed by atoms with van der Waals surface area (Å²) in [5.41, 5.74) is 6.36. The van der Waals surface area contributed by atoms with E-state index in [0.717, 1.165) is 0 Å². The highest BCUT2D eigenvalue weighted by atomic mass is 19.3. The van der Waals surface area contributed by atoms with E-state index in [0.29, 0.717) is 24.6 Å². The molecular formula is C14H16F2N4O2. The number of alkyl halides is 2. The maximum Gasteiger partial charge on any atom is 0.388 e. The number of Topliss-reactive ketones (excluding diaryl/α,β-unsaturated/α-hetero) is 1. The van der Waals surface area contributed by atoms with Crippen LogP contribution in [0.4, 0.5) is 8.78 Å². The minimum absolute atomic E-state index is 0.240. The van der Waals surface area contributed by atoms with Crippen molar-refractivity contribution in [2.24, 2.45) is 5.73 Å². The summed E-state index contributed by atoms with van der Waals surface area (Å²) in [4.78, 5) is 20.1. The molecule has 8 heteroatoms. The fraction of sp³-hybridized carbons (Fsp3) is 0.357. The number of nitrogens with two attached hydrogens (primary N) is 1. The molecule has 0 aliphatic rings. The van der Waals surface area contributed by atoms with Gasteiger partial charge in [0.25, 0.3) is 0 Å². The lowest BCUT2D eigenvalue weighted by molar-refractivity contribution is -0.0524. The number of imidazole rings is 1. The summed E-state index contributed by atoms with van der Waals surface area (Å²) in [7, 11) is 0. The SMILES string of the molecule is CC(=O)c1c(-c2cccnc2OC(F)F)nc(C)n1CCN. The monoisotopic (exact) mass is 310 g/mol. The summed E-state index contributed by atoms with van der Waals surface area (Å²) in [6.07, 6.45) is 1.33. The number of hydrogen-bond acceptors (Lipinski definition) is 5. The second-order valence-electron chi connectivity index (χ2n) is 4.59. The molecule has 0 aliphatic carbocycles. The van der Waals surface area contributed by atoms with E-state index in [1.165, 1.54) is 19.2 Å². The van der Waals surface area contributed by atoms with Crippen LogP contribution in [0.25, 0.3) is 11.3 Å². The average molecular weight is 310 g/mol. The fourth-order valence-corrected chi connectivity index (χ4v) is 2.26. The highest BCUT2D eigenvalue weighted by Gasteiger charge is 2.23. The lowest BCUT2D eigenvalue weighted by Crippen LogP contribution is -2.15. The van der Waals surface area contributed by atoms with Crippen LogP contribution in [0.3, 0.4) is 0 Å². The van der Waals surface area contributed by atoms with Crippen molar-refractivity contribution < 1.29 is 18.3 Å². The van der Waals surface area contributed by atoms with E-state index >= 15 is 0 Å². The van der Waals surface area contributed by atoms with Crippen LogP contribution in [0, 0.1) is 6.92 Å². The molecule has 0 amide bonds. The third kappa shape index (κ3) is 3.11. The van der Waals surface area contributed by atoms with Crippen molar-refractivity contribution in [3.8, 4) is 17.1 Å². The Kier molecular flexibility index (Phi) is 4.81. The summed E-state index contributed by atoms with van der Waals surface area (Å²) in [5.74, 6) is 0.0609. The molecular weight excluding hydrogens is 294 g/mol. The van der Waals surface area contributed by atoms with Crippen LogP contribution in [-0.2, 0) is 6.54 Å². The average Bonchev–Trinajstić information content (AvgIpc) is 2.76. The van der Waals surface area contributed by atoms with Crippen molar-refractivity contribution in [3.05, 3.63) is 29.8 Å². The van der Waals surface area contributed by atoms with Gasteiger partial charge in [0.05, 0.1) is 5.56 Å². The Morgan fingerprint density at radius 2 is 2.23 bits per heavy atom. The number of ketones is 1. The Hall–Kier alpha value is -2.35. The Labute approximate surface area is 125 Å². The van der Waals surface area contributed by atoms with E-state index in [-0.39, 0.29) is 22.9 Å². The molecule has 2 heterocycles. The highest BCUT2D eigenvalue weighted by molar-refractivity contribution is 5.99. The maximum atomic E-state index is 12.5. The van der Waals surface area contributed by atoms with Gasteiger partial charge >= 0.3 is 6.61 Å². The standard InChI is InChI=1S/C14H16F2N4O2/c1-8(21)12-11(19-9(2)20(12)7-5-17)10-4-3-6-18-13(10)22-14(15)16/h3-4,6,14H,5,7,17H2,1-2H3. The molecule has 0 spiro atoms. The Balaban J connectivity index is 2.63. The predicted molar refractivity (Wildman–Crippen MR) is 75.9 cm³/mol. The number of aryl methyl sites for hydroxylation is 1. The van der Waals surface area contributed by atoms with Gasteiger partial charge in [0.15, 0.2) is 5.78 Å². The molecule has 0 radical (unpaired) electrons. The molecule has 0 aliphatic heterocycles. The molecule has 6 nitrogen and oxygen atoms in total. The maximum absolute atomic E-state index is 12.5. The lowest BCUT2D eigenvalue weighted by Gasteiger charge is -2.10. The molecule has 0 atom stereocenters. The van der Waals surface area contributed by atoms with Gasteiger partial charge < -0.3 is 15.0 Å². The van der Waals surface area contributed by atoms with Gasteiger partial charge in [0.1, 0.15) is 17.2 Å². The van der Waals surface area contributed by atoms with Gasteiger partial charge in [-0.15, -0.1) is 0 Å². The van der Waals surface area contributed by atoms with Crippen LogP contribution >= 0.6 is 0 Å². The minimum Gasteiger partial charge on any atom is -0.416 e. The molecule has 2 rings (SSSR count). The van der Waals surface area contributed by atoms with Crippen LogP contribution in [-0.4, -0.2) is 33.5 Å². The van der Waals surface area contributed by atoms with Gasteiger partial charge in [-0.1, -0.05) is 0 Å². The normalized spacial score (nSPS) is 11.0. The largest absolute Gasteiger partial charge is 0.416 e. The molecule has 118 valence electrons. The number of carbonyl (C=O) groups is 1. The van der Waals surface area contributed by atoms with E-state index in [1.807, 2.05) is 0 Å². The van der Waals surface area contributed by atoms with E-state index in [1.54, 1.807) is 17.6 Å². The molecule has 0 aromatic carbocycles. The first-order valence-corrected chi connectivity index (χ1v) is 6.64. The predicted octanol–water partition coefficient (Wildman–Crippen LogP) is 2.02. The van der Waals surface area contributed by atoms with Crippen molar-refractivity contribution in [3.63, 3.8) is 0 Å². The van der Waals surface area contributed by atoms with Crippen LogP contribution in [0.5, 0.6) is 5.88 Å². The zero-order valence-corrected chi connectivity index (χ0v) is 12.2. The third-order valence-corrected chi connectivity index (χ3v) is 3.07. The Morgan fingerprint density at radius 3 is 2.82 bits per heavy atom. The van der Waals surface area contributed by atoms with Crippen LogP contribution in [0.15, 0.2) is 18.3 Å². The van der Waals surface area contributed by atoms with Gasteiger partial charge in [0.2, 0.25) is 5.88 Å². The van der Waals surface area contributed by atoms with Crippen LogP contribution < -0.4 is 10.5 Å². The number of hydrogen-bond donors (Lipinski definition) is 1. The van der Waals surface area contributed by atoms with E-state index in [4.69, 9.17) is 5.73 Å². The van der Waals surface area contributed by atoms with E-state index in [9.17, 15) is 13.6 Å². The molecule has 0 bridgehead atoms. The zero-order valence-electron chi connectivity index (χ0n) is 12.2. The number of carbonyl (C=O) groups excluding carboxylic acids is 1. The van der Waals surface area contributed by atoms with Crippen molar-refractivity contribution in [1.82, 2.24) is 14.5 Å². The highest BCUT2D eigenvalue weighted by Crippen LogP contribution is 2.31. The molecule has 2 aromatic rings. The van der Waals surface area contributed by atoms with Crippen LogP contribution in [0.2, 0.25) is 0 Å². The fourth-order valence-electron chi connectivity index (χ4n) is 2.26. The van der Waals surface area contributed by atoms with Crippen LogP contribution in [0.1, 0.15) is 23.2 Å². The number of aromatic nitrogens is 3. The van der Waals surface area contributed by atoms with Crippen molar-refractivity contribution in [1.29, 1.82) is 0 Å². The van der Waals surface area contributed by atoms with Gasteiger partial charge in [-0.05, 0) is 19.1 Å².